The maximum absolute atomic E-state index is 4.30. The molecule has 1 heterocycles. The summed E-state index contributed by atoms with van der Waals surface area (Å²) in [6, 6.07) is 8.05. The molecule has 0 saturated carbocycles. The maximum atomic E-state index is 4.30. The second-order valence-corrected chi connectivity index (χ2v) is 4.73. The van der Waals surface area contributed by atoms with E-state index in [4.69, 9.17) is 0 Å². The highest BCUT2D eigenvalue weighted by atomic mass is 79.9. The number of hydrogen-bond acceptors (Lipinski definition) is 3. The molecule has 0 bridgehead atoms. The number of halogens is 1. The predicted molar refractivity (Wildman–Crippen MR) is 74.2 cm³/mol. The number of anilines is 1. The van der Waals surface area contributed by atoms with E-state index in [0.29, 0.717) is 0 Å². The van der Waals surface area contributed by atoms with Crippen LogP contribution in [0.3, 0.4) is 0 Å². The molecule has 17 heavy (non-hydrogen) atoms. The number of rotatable bonds is 2. The third kappa shape index (κ3) is 2.17. The van der Waals surface area contributed by atoms with E-state index in [1.807, 2.05) is 31.3 Å². The van der Waals surface area contributed by atoms with Gasteiger partial charge in [-0.25, -0.2) is 0 Å². The molecule has 0 fully saturated rings. The van der Waals surface area contributed by atoms with Crippen LogP contribution in [0.15, 0.2) is 28.7 Å². The van der Waals surface area contributed by atoms with E-state index in [1.54, 1.807) is 0 Å². The molecule has 0 saturated heterocycles. The summed E-state index contributed by atoms with van der Waals surface area (Å²) in [5.74, 6) is 0.832. The van der Waals surface area contributed by atoms with Gasteiger partial charge in [0.25, 0.3) is 0 Å². The highest BCUT2D eigenvalue weighted by Gasteiger charge is 2.12. The van der Waals surface area contributed by atoms with E-state index in [2.05, 4.69) is 45.3 Å². The molecule has 0 radical (unpaired) electrons. The molecule has 3 nitrogen and oxygen atoms in total. The summed E-state index contributed by atoms with van der Waals surface area (Å²) in [7, 11) is 1.86. The molecule has 0 aliphatic rings. The van der Waals surface area contributed by atoms with Gasteiger partial charge in [-0.15, -0.1) is 10.2 Å². The Morgan fingerprint density at radius 1 is 1.06 bits per heavy atom. The Balaban J connectivity index is 2.62. The van der Waals surface area contributed by atoms with Crippen LogP contribution in [-0.4, -0.2) is 17.2 Å². The molecule has 0 unspecified atom stereocenters. The predicted octanol–water partition coefficient (Wildman–Crippen LogP) is 3.56. The molecular formula is C13H14BrN3. The van der Waals surface area contributed by atoms with Gasteiger partial charge in [0.2, 0.25) is 0 Å². The minimum atomic E-state index is 0.832. The lowest BCUT2D eigenvalue weighted by molar-refractivity contribution is 1.00. The van der Waals surface area contributed by atoms with Crippen LogP contribution in [0.1, 0.15) is 11.1 Å². The van der Waals surface area contributed by atoms with Gasteiger partial charge >= 0.3 is 0 Å². The van der Waals surface area contributed by atoms with Crippen LogP contribution < -0.4 is 5.32 Å². The third-order valence-electron chi connectivity index (χ3n) is 2.89. The molecule has 0 atom stereocenters. The monoisotopic (exact) mass is 291 g/mol. The Morgan fingerprint density at radius 3 is 2.41 bits per heavy atom. The lowest BCUT2D eigenvalue weighted by Gasteiger charge is -2.11. The Labute approximate surface area is 109 Å². The average molecular weight is 292 g/mol. The van der Waals surface area contributed by atoms with Crippen LogP contribution in [0.4, 0.5) is 5.82 Å². The zero-order valence-electron chi connectivity index (χ0n) is 10.1. The number of benzene rings is 1. The molecular weight excluding hydrogens is 278 g/mol. The summed E-state index contributed by atoms with van der Waals surface area (Å²) >= 11 is 3.54. The molecule has 0 aliphatic heterocycles. The molecule has 0 spiro atoms. The summed E-state index contributed by atoms with van der Waals surface area (Å²) in [6.07, 6.45) is 0. The van der Waals surface area contributed by atoms with Crippen LogP contribution in [0.2, 0.25) is 0 Å². The molecule has 0 amide bonds. The number of aromatic nitrogens is 2. The van der Waals surface area contributed by atoms with Gasteiger partial charge in [0.15, 0.2) is 5.82 Å². The van der Waals surface area contributed by atoms with Crippen LogP contribution >= 0.6 is 15.9 Å². The minimum Gasteiger partial charge on any atom is -0.371 e. The average Bonchev–Trinajstić information content (AvgIpc) is 2.34. The van der Waals surface area contributed by atoms with Gasteiger partial charge in [0, 0.05) is 17.1 Å². The minimum absolute atomic E-state index is 0.832. The topological polar surface area (TPSA) is 37.8 Å². The van der Waals surface area contributed by atoms with Gasteiger partial charge in [-0.3, -0.25) is 0 Å². The van der Waals surface area contributed by atoms with Crippen molar-refractivity contribution in [2.75, 3.05) is 12.4 Å². The normalized spacial score (nSPS) is 10.4. The first-order valence-electron chi connectivity index (χ1n) is 5.41. The molecule has 1 N–H and O–H groups in total. The second-order valence-electron chi connectivity index (χ2n) is 3.88. The molecule has 1 aromatic carbocycles. The van der Waals surface area contributed by atoms with Crippen LogP contribution in [0.5, 0.6) is 0 Å². The van der Waals surface area contributed by atoms with Crippen molar-refractivity contribution in [1.82, 2.24) is 10.2 Å². The van der Waals surface area contributed by atoms with Crippen LogP contribution in [-0.2, 0) is 0 Å². The lowest BCUT2D eigenvalue weighted by Crippen LogP contribution is -2.02. The van der Waals surface area contributed by atoms with Gasteiger partial charge in [-0.2, -0.15) is 0 Å². The van der Waals surface area contributed by atoms with E-state index in [-0.39, 0.29) is 0 Å². The second kappa shape index (κ2) is 4.84. The summed E-state index contributed by atoms with van der Waals surface area (Å²) in [5.41, 5.74) is 4.28. The lowest BCUT2D eigenvalue weighted by atomic mass is 10.0. The van der Waals surface area contributed by atoms with Gasteiger partial charge < -0.3 is 5.32 Å². The van der Waals surface area contributed by atoms with E-state index < -0.39 is 0 Å². The van der Waals surface area contributed by atoms with E-state index >= 15 is 0 Å². The summed E-state index contributed by atoms with van der Waals surface area (Å²) < 4.78 is 1.04. The van der Waals surface area contributed by atoms with Crippen LogP contribution in [0, 0.1) is 13.8 Å². The highest BCUT2D eigenvalue weighted by molar-refractivity contribution is 9.10. The fourth-order valence-corrected chi connectivity index (χ4v) is 2.22. The van der Waals surface area contributed by atoms with E-state index in [1.165, 1.54) is 0 Å². The molecule has 88 valence electrons. The zero-order chi connectivity index (χ0) is 12.4. The molecule has 2 rings (SSSR count). The third-order valence-corrected chi connectivity index (χ3v) is 3.58. The van der Waals surface area contributed by atoms with Crippen molar-refractivity contribution in [2.45, 2.75) is 13.8 Å². The SMILES string of the molecule is CNc1nnc(-c2ccccc2Br)c(C)c1C. The van der Waals surface area contributed by atoms with E-state index in [9.17, 15) is 0 Å². The summed E-state index contributed by atoms with van der Waals surface area (Å²) in [4.78, 5) is 0. The number of hydrogen-bond donors (Lipinski definition) is 1. The summed E-state index contributed by atoms with van der Waals surface area (Å²) in [6.45, 7) is 4.12. The largest absolute Gasteiger partial charge is 0.371 e. The van der Waals surface area contributed by atoms with Crippen molar-refractivity contribution in [3.8, 4) is 11.3 Å². The first-order chi connectivity index (χ1) is 8.15. The number of nitrogens with zero attached hydrogens (tertiary/aromatic N) is 2. The molecule has 2 aromatic rings. The Morgan fingerprint density at radius 2 is 1.76 bits per heavy atom. The van der Waals surface area contributed by atoms with Gasteiger partial charge in [-0.1, -0.05) is 34.1 Å². The van der Waals surface area contributed by atoms with Gasteiger partial charge in [0.1, 0.15) is 0 Å². The van der Waals surface area contributed by atoms with Crippen molar-refractivity contribution in [3.05, 3.63) is 39.9 Å². The Bertz CT molecular complexity index is 552. The molecule has 1 aromatic heterocycles. The molecule has 0 aliphatic carbocycles. The maximum Gasteiger partial charge on any atom is 0.151 e. The van der Waals surface area contributed by atoms with Gasteiger partial charge in [0.05, 0.1) is 5.69 Å². The molecule has 4 heteroatoms. The fourth-order valence-electron chi connectivity index (χ4n) is 1.75. The smallest absolute Gasteiger partial charge is 0.151 e. The van der Waals surface area contributed by atoms with Crippen molar-refractivity contribution in [1.29, 1.82) is 0 Å². The highest BCUT2D eigenvalue weighted by Crippen LogP contribution is 2.30. The van der Waals surface area contributed by atoms with Gasteiger partial charge in [-0.05, 0) is 31.0 Å². The van der Waals surface area contributed by atoms with Crippen molar-refractivity contribution in [3.63, 3.8) is 0 Å². The number of nitrogens with one attached hydrogen (secondary N) is 1. The Hall–Kier alpha value is -1.42. The quantitative estimate of drug-likeness (QED) is 0.919. The zero-order valence-corrected chi connectivity index (χ0v) is 11.7. The van der Waals surface area contributed by atoms with Crippen LogP contribution in [0.25, 0.3) is 11.3 Å². The summed E-state index contributed by atoms with van der Waals surface area (Å²) in [5, 5.41) is 11.5. The fraction of sp³-hybridized carbons (Fsp3) is 0.231. The first kappa shape index (κ1) is 12.0. The standard InChI is InChI=1S/C13H14BrN3/c1-8-9(2)13(15-3)17-16-12(8)10-6-4-5-7-11(10)14/h4-7H,1-3H3,(H,15,17). The van der Waals surface area contributed by atoms with Crippen molar-refractivity contribution < 1.29 is 0 Å². The first-order valence-corrected chi connectivity index (χ1v) is 6.21. The van der Waals surface area contributed by atoms with E-state index in [0.717, 1.165) is 32.7 Å². The van der Waals surface area contributed by atoms with Crippen molar-refractivity contribution >= 4 is 21.7 Å². The Kier molecular flexibility index (Phi) is 3.43. The van der Waals surface area contributed by atoms with Crippen molar-refractivity contribution in [2.24, 2.45) is 0 Å².